The first-order valence-corrected chi connectivity index (χ1v) is 14.2. The second-order valence-corrected chi connectivity index (χ2v) is 10.9. The molecule has 2 aromatic carbocycles. The van der Waals surface area contributed by atoms with Gasteiger partial charge in [0.15, 0.2) is 5.82 Å². The Labute approximate surface area is 228 Å². The lowest BCUT2D eigenvalue weighted by Crippen LogP contribution is -2.40. The van der Waals surface area contributed by atoms with Crippen LogP contribution in [0.15, 0.2) is 53.5 Å². The Morgan fingerprint density at radius 1 is 0.949 bits per heavy atom. The molecule has 1 spiro atoms. The van der Waals surface area contributed by atoms with Crippen molar-refractivity contribution in [2.24, 2.45) is 4.99 Å². The summed E-state index contributed by atoms with van der Waals surface area (Å²) in [7, 11) is 0. The Bertz CT molecular complexity index is 1390. The fraction of sp³-hybridized carbons (Fsp3) is 0.467. The molecule has 1 saturated heterocycles. The van der Waals surface area contributed by atoms with Gasteiger partial charge in [0.2, 0.25) is 5.91 Å². The number of carbonyl (C=O) groups is 2. The number of amides is 2. The van der Waals surface area contributed by atoms with Gasteiger partial charge in [-0.2, -0.15) is 0 Å². The highest BCUT2D eigenvalue weighted by Gasteiger charge is 2.49. The molecule has 1 aliphatic carbocycles. The van der Waals surface area contributed by atoms with Crippen molar-refractivity contribution in [1.29, 1.82) is 0 Å². The largest absolute Gasteiger partial charge is 0.323 e. The van der Waals surface area contributed by atoms with Crippen LogP contribution in [0, 0.1) is 0 Å². The summed E-state index contributed by atoms with van der Waals surface area (Å²) in [6.07, 6.45) is 8.34. The van der Waals surface area contributed by atoms with Crippen molar-refractivity contribution in [3.63, 3.8) is 0 Å². The van der Waals surface area contributed by atoms with E-state index < -0.39 is 5.54 Å². The van der Waals surface area contributed by atoms with Gasteiger partial charge in [0, 0.05) is 24.9 Å². The van der Waals surface area contributed by atoms with Crippen LogP contribution in [0.4, 0.5) is 0 Å². The van der Waals surface area contributed by atoms with Gasteiger partial charge in [-0.3, -0.25) is 19.5 Å². The third kappa shape index (κ3) is 4.86. The Morgan fingerprint density at radius 2 is 1.72 bits per heavy atom. The number of benzene rings is 2. The van der Waals surface area contributed by atoms with Crippen LogP contribution >= 0.6 is 0 Å². The van der Waals surface area contributed by atoms with Gasteiger partial charge in [0.25, 0.3) is 5.91 Å². The normalized spacial score (nSPS) is 18.5. The van der Waals surface area contributed by atoms with Crippen LogP contribution in [0.3, 0.4) is 0 Å². The lowest BCUT2D eigenvalue weighted by molar-refractivity contribution is -0.131. The number of carbonyl (C=O) groups excluding carboxylic acids is 2. The zero-order valence-corrected chi connectivity index (χ0v) is 22.6. The number of nitrogens with zero attached hydrogens (tertiary/aromatic N) is 7. The lowest BCUT2D eigenvalue weighted by atomic mass is 9.97. The number of aromatic nitrogens is 4. The van der Waals surface area contributed by atoms with Crippen LogP contribution in [0.5, 0.6) is 0 Å². The first-order chi connectivity index (χ1) is 19.1. The topological polar surface area (TPSA) is 96.6 Å². The van der Waals surface area contributed by atoms with E-state index >= 15 is 0 Å². The van der Waals surface area contributed by atoms with Crippen molar-refractivity contribution >= 4 is 17.6 Å². The summed E-state index contributed by atoms with van der Waals surface area (Å²) in [6, 6.07) is 16.5. The van der Waals surface area contributed by atoms with E-state index in [1.165, 1.54) is 0 Å². The molecule has 9 heteroatoms. The maximum atomic E-state index is 13.5. The summed E-state index contributed by atoms with van der Waals surface area (Å²) in [5.41, 5.74) is 3.54. The molecule has 0 N–H and O–H groups in total. The molecule has 3 heterocycles. The fourth-order valence-corrected chi connectivity index (χ4v) is 6.11. The summed E-state index contributed by atoms with van der Waals surface area (Å²) < 4.78 is 1.70. The molecule has 2 aliphatic heterocycles. The summed E-state index contributed by atoms with van der Waals surface area (Å²) in [5, 5.41) is 12.4. The van der Waals surface area contributed by atoms with Crippen LogP contribution in [0.2, 0.25) is 0 Å². The minimum atomic E-state index is -0.508. The lowest BCUT2D eigenvalue weighted by Gasteiger charge is -2.23. The molecule has 9 nitrogen and oxygen atoms in total. The van der Waals surface area contributed by atoms with Crippen LogP contribution in [0.1, 0.15) is 70.3 Å². The number of likely N-dealkylation sites (tertiary alicyclic amines) is 1. The van der Waals surface area contributed by atoms with E-state index in [1.54, 1.807) is 9.58 Å². The summed E-state index contributed by atoms with van der Waals surface area (Å²) in [4.78, 5) is 34.4. The van der Waals surface area contributed by atoms with Crippen molar-refractivity contribution in [3.8, 4) is 22.5 Å². The number of amidine groups is 1. The molecule has 0 unspecified atom stereocenters. The highest BCUT2D eigenvalue weighted by molar-refractivity contribution is 6.08. The second kappa shape index (κ2) is 10.7. The molecule has 202 valence electrons. The minimum Gasteiger partial charge on any atom is -0.323 e. The number of hydrogen-bond acceptors (Lipinski definition) is 6. The first kappa shape index (κ1) is 25.4. The fourth-order valence-electron chi connectivity index (χ4n) is 6.11. The van der Waals surface area contributed by atoms with Gasteiger partial charge in [-0.05, 0) is 52.8 Å². The van der Waals surface area contributed by atoms with Crippen molar-refractivity contribution in [3.05, 3.63) is 54.1 Å². The third-order valence-electron chi connectivity index (χ3n) is 8.26. The molecule has 1 saturated carbocycles. The monoisotopic (exact) mass is 525 g/mol. The van der Waals surface area contributed by atoms with E-state index in [2.05, 4.69) is 52.8 Å². The SMILES string of the molecule is CCCCC1=NC2(CCCC2)C(=O)N1Cc1ccc(-c2ccccc2-c2nnnn2CN2CCCC2=O)cc1. The molecule has 39 heavy (non-hydrogen) atoms. The van der Waals surface area contributed by atoms with Crippen LogP contribution < -0.4 is 0 Å². The second-order valence-electron chi connectivity index (χ2n) is 10.9. The highest BCUT2D eigenvalue weighted by atomic mass is 16.2. The molecule has 2 fully saturated rings. The quantitative estimate of drug-likeness (QED) is 0.399. The zero-order valence-electron chi connectivity index (χ0n) is 22.6. The van der Waals surface area contributed by atoms with Crippen molar-refractivity contribution in [2.75, 3.05) is 6.54 Å². The summed E-state index contributed by atoms with van der Waals surface area (Å²) in [5.74, 6) is 1.92. The van der Waals surface area contributed by atoms with Crippen molar-refractivity contribution in [1.82, 2.24) is 30.0 Å². The Balaban J connectivity index is 1.23. The predicted octanol–water partition coefficient (Wildman–Crippen LogP) is 4.83. The molecule has 3 aliphatic rings. The smallest absolute Gasteiger partial charge is 0.256 e. The van der Waals surface area contributed by atoms with E-state index in [9.17, 15) is 9.59 Å². The van der Waals surface area contributed by atoms with E-state index in [0.717, 1.165) is 86.0 Å². The van der Waals surface area contributed by atoms with Crippen molar-refractivity contribution < 1.29 is 9.59 Å². The van der Waals surface area contributed by atoms with E-state index in [-0.39, 0.29) is 11.8 Å². The standard InChI is InChI=1S/C30H35N7O2/c1-2-3-11-26-31-30(17-6-7-18-30)29(39)36(26)20-22-13-15-23(16-14-22)24-9-4-5-10-25(24)28-32-33-34-37(28)21-35-19-8-12-27(35)38/h4-5,9-10,13-16H,2-3,6-8,11-12,17-21H2,1H3. The van der Waals surface area contributed by atoms with Gasteiger partial charge in [0.05, 0.1) is 6.54 Å². The molecule has 0 radical (unpaired) electrons. The highest BCUT2D eigenvalue weighted by Crippen LogP contribution is 2.40. The number of unbranched alkanes of at least 4 members (excludes halogenated alkanes) is 1. The number of rotatable bonds is 9. The van der Waals surface area contributed by atoms with Crippen molar-refractivity contribution in [2.45, 2.75) is 83.5 Å². The Morgan fingerprint density at radius 3 is 2.44 bits per heavy atom. The van der Waals surface area contributed by atoms with Crippen LogP contribution in [-0.4, -0.2) is 59.7 Å². The number of tetrazole rings is 1. The zero-order chi connectivity index (χ0) is 26.8. The van der Waals surface area contributed by atoms with Gasteiger partial charge < -0.3 is 4.90 Å². The Hall–Kier alpha value is -3.88. The molecule has 6 rings (SSSR count). The average molecular weight is 526 g/mol. The van der Waals surface area contributed by atoms with Crippen LogP contribution in [-0.2, 0) is 22.8 Å². The minimum absolute atomic E-state index is 0.138. The average Bonchev–Trinajstić information content (AvgIpc) is 3.76. The van der Waals surface area contributed by atoms with Gasteiger partial charge in [-0.1, -0.05) is 74.7 Å². The molecule has 1 aromatic heterocycles. The maximum Gasteiger partial charge on any atom is 0.256 e. The number of aliphatic imine (C=N–C) groups is 1. The summed E-state index contributed by atoms with van der Waals surface area (Å²) >= 11 is 0. The Kier molecular flexibility index (Phi) is 6.97. The molecular weight excluding hydrogens is 490 g/mol. The number of hydrogen-bond donors (Lipinski definition) is 0. The molecule has 0 atom stereocenters. The maximum absolute atomic E-state index is 13.5. The van der Waals surface area contributed by atoms with Gasteiger partial charge in [-0.25, -0.2) is 4.68 Å². The van der Waals surface area contributed by atoms with Gasteiger partial charge in [-0.15, -0.1) is 5.10 Å². The van der Waals surface area contributed by atoms with Gasteiger partial charge in [0.1, 0.15) is 18.0 Å². The van der Waals surface area contributed by atoms with Crippen LogP contribution in [0.25, 0.3) is 22.5 Å². The predicted molar refractivity (Wildman–Crippen MR) is 148 cm³/mol. The third-order valence-corrected chi connectivity index (χ3v) is 8.26. The molecular formula is C30H35N7O2. The van der Waals surface area contributed by atoms with E-state index in [4.69, 9.17) is 4.99 Å². The van der Waals surface area contributed by atoms with E-state index in [1.807, 2.05) is 23.1 Å². The first-order valence-electron chi connectivity index (χ1n) is 14.2. The molecule has 2 amide bonds. The van der Waals surface area contributed by atoms with Gasteiger partial charge >= 0.3 is 0 Å². The summed E-state index contributed by atoms with van der Waals surface area (Å²) in [6.45, 7) is 3.80. The van der Waals surface area contributed by atoms with E-state index in [0.29, 0.717) is 25.5 Å². The molecule has 3 aromatic rings. The molecule has 0 bridgehead atoms.